The molecule has 1 saturated carbocycles. The van der Waals surface area contributed by atoms with Gasteiger partial charge in [0.2, 0.25) is 12.6 Å². The Morgan fingerprint density at radius 2 is 1.70 bits per heavy atom. The number of nitrogens with one attached hydrogen (secondary N) is 1. The van der Waals surface area contributed by atoms with Crippen molar-refractivity contribution in [3.63, 3.8) is 0 Å². The number of benzene rings is 3. The summed E-state index contributed by atoms with van der Waals surface area (Å²) in [6.07, 6.45) is 7.16. The Bertz CT molecular complexity index is 2210. The number of unbranched alkanes of at least 4 members (excludes halogenated alkanes) is 2. The molecule has 15 nitrogen and oxygen atoms in total. The van der Waals surface area contributed by atoms with Crippen LogP contribution in [0, 0.1) is 17.8 Å². The lowest BCUT2D eigenvalue weighted by atomic mass is 9.55. The summed E-state index contributed by atoms with van der Waals surface area (Å²) in [7, 11) is 0. The second-order valence-corrected chi connectivity index (χ2v) is 18.4. The van der Waals surface area contributed by atoms with E-state index in [4.69, 9.17) is 43.2 Å². The molecule has 362 valence electrons. The van der Waals surface area contributed by atoms with Gasteiger partial charge in [0.15, 0.2) is 11.5 Å². The Morgan fingerprint density at radius 3 is 2.45 bits per heavy atom. The molecule has 2 amide bonds. The number of amides is 2. The molecule has 7 rings (SSSR count). The van der Waals surface area contributed by atoms with Gasteiger partial charge in [0.1, 0.15) is 29.7 Å². The van der Waals surface area contributed by atoms with Gasteiger partial charge in [-0.15, -0.1) is 6.58 Å². The first kappa shape index (κ1) is 49.3. The lowest BCUT2D eigenvalue weighted by molar-refractivity contribution is -0.256. The molecular weight excluding hydrogens is 859 g/mol. The van der Waals surface area contributed by atoms with Gasteiger partial charge in [0, 0.05) is 44.2 Å². The van der Waals surface area contributed by atoms with Crippen molar-refractivity contribution in [2.24, 2.45) is 22.9 Å². The van der Waals surface area contributed by atoms with Crippen LogP contribution in [0.5, 0.6) is 23.0 Å². The molecule has 0 saturated heterocycles. The molecule has 67 heavy (non-hydrogen) atoms. The predicted molar refractivity (Wildman–Crippen MR) is 251 cm³/mol. The van der Waals surface area contributed by atoms with E-state index in [2.05, 4.69) is 18.0 Å². The van der Waals surface area contributed by atoms with Gasteiger partial charge >= 0.3 is 12.2 Å². The molecule has 2 aliphatic carbocycles. The van der Waals surface area contributed by atoms with Crippen molar-refractivity contribution in [3.05, 3.63) is 108 Å². The highest BCUT2D eigenvalue weighted by molar-refractivity contribution is 6.03. The van der Waals surface area contributed by atoms with E-state index in [-0.39, 0.29) is 70.5 Å². The van der Waals surface area contributed by atoms with E-state index in [1.807, 2.05) is 82.3 Å². The van der Waals surface area contributed by atoms with E-state index < -0.39 is 35.5 Å². The Hall–Kier alpha value is -5.61. The maximum atomic E-state index is 15.0. The first-order chi connectivity index (χ1) is 32.5. The number of nitrogens with zero attached hydrogens (tertiary/aromatic N) is 2. The van der Waals surface area contributed by atoms with Crippen molar-refractivity contribution < 1.29 is 57.8 Å². The standard InChI is InChI=1S/C52H67N3O12/c1-6-25-64-52-46(55(32-36-19-21-44-45(28-36)63-34-62-44)50(59)61-27-26-60-33-35-15-9-8-10-16-35)31-42(54-67-51(3,4)5)40-29-37(17-11-13-23-56)39(18-12-14-24-57)47(48(40)52)41-30-38(20-22-43(41)66-52)65-49(58)53-7-2/h6,8-10,15-16,19-22,28-30,37,39,46-48,56-57H,1,7,11-14,17-18,23-27,31-34H2,2-5H3,(H,53,58)/t37-,39+,46-,47+,48+,52+/m0/s1. The lowest BCUT2D eigenvalue weighted by Gasteiger charge is -2.60. The smallest absolute Gasteiger partial charge is 0.412 e. The monoisotopic (exact) mass is 925 g/mol. The lowest BCUT2D eigenvalue weighted by Crippen LogP contribution is -2.70. The van der Waals surface area contributed by atoms with Crippen LogP contribution in [0.4, 0.5) is 9.59 Å². The van der Waals surface area contributed by atoms with Crippen LogP contribution < -0.4 is 24.3 Å². The summed E-state index contributed by atoms with van der Waals surface area (Å²) in [6.45, 7) is 12.9. The normalized spacial score (nSPS) is 23.0. The molecule has 0 unspecified atom stereocenters. The molecule has 2 aliphatic heterocycles. The molecular formula is C52H67N3O12. The fourth-order valence-corrected chi connectivity index (χ4v) is 9.76. The SMILES string of the molecule is C=CCO[C@@]12Oc3ccc(OC(=O)NCC)cc3[C@H]3[C@H](CCCCO)[C@@H](CCCCO)C=C(C(=NOC(C)(C)C)C[C@@H]1N(Cc1ccc4c(c1)OCO4)C(=O)OCCOCc1ccccc1)[C@H]32. The summed E-state index contributed by atoms with van der Waals surface area (Å²) in [6, 6.07) is 19.9. The van der Waals surface area contributed by atoms with Gasteiger partial charge in [-0.25, -0.2) is 9.59 Å². The summed E-state index contributed by atoms with van der Waals surface area (Å²) in [5.41, 5.74) is 3.40. The molecule has 3 aromatic rings. The van der Waals surface area contributed by atoms with Crippen molar-refractivity contribution >= 4 is 17.9 Å². The molecule has 0 aromatic heterocycles. The van der Waals surface area contributed by atoms with Gasteiger partial charge in [-0.3, -0.25) is 4.90 Å². The third kappa shape index (κ3) is 11.9. The molecule has 3 N–H and O–H groups in total. The van der Waals surface area contributed by atoms with E-state index in [1.54, 1.807) is 23.1 Å². The molecule has 4 aliphatic rings. The predicted octanol–water partition coefficient (Wildman–Crippen LogP) is 8.81. The molecule has 3 aromatic carbocycles. The van der Waals surface area contributed by atoms with Gasteiger partial charge in [-0.1, -0.05) is 66.5 Å². The second-order valence-electron chi connectivity index (χ2n) is 18.4. The minimum atomic E-state index is -1.56. The number of allylic oxidation sites excluding steroid dienone is 1. The Balaban J connectivity index is 1.39. The van der Waals surface area contributed by atoms with Crippen LogP contribution in [0.3, 0.4) is 0 Å². The first-order valence-electron chi connectivity index (χ1n) is 23.6. The van der Waals surface area contributed by atoms with Crippen LogP contribution in [-0.4, -0.2) is 96.8 Å². The zero-order chi connectivity index (χ0) is 47.4. The number of aliphatic hydroxyl groups excluding tert-OH is 2. The number of hydrogen-bond acceptors (Lipinski definition) is 13. The summed E-state index contributed by atoms with van der Waals surface area (Å²) in [5.74, 6) is -0.540. The Kier molecular flexibility index (Phi) is 16.9. The summed E-state index contributed by atoms with van der Waals surface area (Å²) >= 11 is 0. The van der Waals surface area contributed by atoms with Gasteiger partial charge in [0.05, 0.1) is 31.5 Å². The number of rotatable bonds is 22. The van der Waals surface area contributed by atoms with E-state index >= 15 is 4.79 Å². The zero-order valence-electron chi connectivity index (χ0n) is 39.3. The van der Waals surface area contributed by atoms with Crippen LogP contribution in [0.2, 0.25) is 0 Å². The molecule has 0 spiro atoms. The highest BCUT2D eigenvalue weighted by Gasteiger charge is 2.66. The summed E-state index contributed by atoms with van der Waals surface area (Å²) in [4.78, 5) is 35.8. The van der Waals surface area contributed by atoms with E-state index in [0.29, 0.717) is 54.7 Å². The summed E-state index contributed by atoms with van der Waals surface area (Å²) in [5, 5.41) is 27.6. The third-order valence-corrected chi connectivity index (χ3v) is 12.6. The van der Waals surface area contributed by atoms with Crippen LogP contribution in [0.25, 0.3) is 0 Å². The fourth-order valence-electron chi connectivity index (χ4n) is 9.76. The highest BCUT2D eigenvalue weighted by atomic mass is 16.7. The van der Waals surface area contributed by atoms with Crippen molar-refractivity contribution in [1.29, 1.82) is 0 Å². The molecule has 1 fully saturated rings. The number of fused-ring (bicyclic) bond motifs is 3. The van der Waals surface area contributed by atoms with E-state index in [0.717, 1.165) is 47.9 Å². The van der Waals surface area contributed by atoms with Crippen molar-refractivity contribution in [1.82, 2.24) is 10.2 Å². The number of oxime groups is 1. The van der Waals surface area contributed by atoms with Crippen molar-refractivity contribution in [3.8, 4) is 23.0 Å². The number of carbonyl (C=O) groups excluding carboxylic acids is 2. The minimum absolute atomic E-state index is 0.000476. The second kappa shape index (κ2) is 22.9. The highest BCUT2D eigenvalue weighted by Crippen LogP contribution is 2.62. The number of hydrogen-bond donors (Lipinski definition) is 3. The fraction of sp³-hybridized carbons (Fsp3) is 0.519. The Morgan fingerprint density at radius 1 is 0.940 bits per heavy atom. The first-order valence-corrected chi connectivity index (χ1v) is 23.6. The number of carbonyl (C=O) groups is 2. The quantitative estimate of drug-likeness (QED) is 0.0497. The van der Waals surface area contributed by atoms with Crippen LogP contribution in [-0.2, 0) is 32.2 Å². The third-order valence-electron chi connectivity index (χ3n) is 12.6. The maximum Gasteiger partial charge on any atom is 0.412 e. The summed E-state index contributed by atoms with van der Waals surface area (Å²) < 4.78 is 43.8. The van der Waals surface area contributed by atoms with Gasteiger partial charge < -0.3 is 53.5 Å². The average Bonchev–Trinajstić information content (AvgIpc) is 3.79. The number of ether oxygens (including phenoxy) is 7. The van der Waals surface area contributed by atoms with Crippen LogP contribution in [0.15, 0.2) is 96.2 Å². The minimum Gasteiger partial charge on any atom is -0.459 e. The molecule has 0 bridgehead atoms. The van der Waals surface area contributed by atoms with E-state index in [1.165, 1.54) is 0 Å². The Labute approximate surface area is 394 Å². The van der Waals surface area contributed by atoms with Crippen molar-refractivity contribution in [2.45, 2.75) is 109 Å². The molecule has 15 heteroatoms. The van der Waals surface area contributed by atoms with Gasteiger partial charge in [-0.05, 0) is 112 Å². The van der Waals surface area contributed by atoms with Gasteiger partial charge in [0.25, 0.3) is 0 Å². The topological polar surface area (TPSA) is 176 Å². The van der Waals surface area contributed by atoms with Crippen LogP contribution >= 0.6 is 0 Å². The number of aliphatic hydroxyl groups is 2. The van der Waals surface area contributed by atoms with E-state index in [9.17, 15) is 15.0 Å². The van der Waals surface area contributed by atoms with Crippen LogP contribution in [0.1, 0.15) is 95.2 Å². The zero-order valence-corrected chi connectivity index (χ0v) is 39.3. The maximum absolute atomic E-state index is 15.0. The largest absolute Gasteiger partial charge is 0.459 e. The average molecular weight is 926 g/mol. The molecule has 2 heterocycles. The van der Waals surface area contributed by atoms with Gasteiger partial charge in [-0.2, -0.15) is 0 Å². The molecule has 0 radical (unpaired) electrons. The molecule has 6 atom stereocenters. The van der Waals surface area contributed by atoms with Crippen molar-refractivity contribution in [2.75, 3.05) is 46.4 Å².